The molecule has 4 amide bonds. The van der Waals surface area contributed by atoms with Crippen LogP contribution in [0.5, 0.6) is 0 Å². The Morgan fingerprint density at radius 1 is 1.24 bits per heavy atom. The predicted molar refractivity (Wildman–Crippen MR) is 126 cm³/mol. The molecule has 0 spiro atoms. The highest BCUT2D eigenvalue weighted by Crippen LogP contribution is 2.46. The van der Waals surface area contributed by atoms with Gasteiger partial charge in [-0.25, -0.2) is 19.2 Å². The van der Waals surface area contributed by atoms with Crippen LogP contribution in [0.15, 0.2) is 11.3 Å². The quantitative estimate of drug-likeness (QED) is 0.170. The van der Waals surface area contributed by atoms with E-state index in [4.69, 9.17) is 15.2 Å². The van der Waals surface area contributed by atoms with Crippen molar-refractivity contribution in [2.24, 2.45) is 5.73 Å². The molecule has 3 atom stereocenters. The Morgan fingerprint density at radius 2 is 1.89 bits per heavy atom. The third-order valence-corrected chi connectivity index (χ3v) is 6.61. The molecule has 15 nitrogen and oxygen atoms in total. The molecule has 0 aromatic heterocycles. The van der Waals surface area contributed by atoms with Crippen molar-refractivity contribution in [2.45, 2.75) is 62.8 Å². The minimum Gasteiger partial charge on any atom is -0.480 e. The maximum Gasteiger partial charge on any atom is 0.408 e. The van der Waals surface area contributed by atoms with E-state index in [2.05, 4.69) is 15.4 Å². The van der Waals surface area contributed by atoms with E-state index in [1.807, 2.05) is 0 Å². The fourth-order valence-corrected chi connectivity index (χ4v) is 5.08. The summed E-state index contributed by atoms with van der Waals surface area (Å²) >= 11 is 1.09. The number of carbonyl (C=O) groups is 6. The number of thioether (sulfide) groups is 1. The topological polar surface area (TPSA) is 224 Å². The minimum atomic E-state index is -1.85. The van der Waals surface area contributed by atoms with Gasteiger partial charge >= 0.3 is 24.1 Å². The van der Waals surface area contributed by atoms with Crippen LogP contribution in [0.1, 0.15) is 40.0 Å². The lowest BCUT2D eigenvalue weighted by atomic mass is 9.97. The number of nitrogens with zero attached hydrogens (tertiary/aromatic N) is 1. The Balaban J connectivity index is 2.02. The van der Waals surface area contributed by atoms with E-state index >= 15 is 0 Å². The number of methoxy groups -OCH3 is 1. The predicted octanol–water partition coefficient (Wildman–Crippen LogP) is -0.0574. The van der Waals surface area contributed by atoms with Gasteiger partial charge in [0.15, 0.2) is 0 Å². The van der Waals surface area contributed by atoms with Gasteiger partial charge in [-0.1, -0.05) is 0 Å². The molecule has 0 bridgehead atoms. The number of hydrogen-bond acceptors (Lipinski definition) is 10. The lowest BCUT2D eigenvalue weighted by Crippen LogP contribution is -2.80. The van der Waals surface area contributed by atoms with Crippen molar-refractivity contribution in [1.29, 1.82) is 0 Å². The second kappa shape index (κ2) is 11.7. The molecule has 0 aliphatic carbocycles. The number of carbonyl (C=O) groups excluding carboxylic acids is 4. The second-order valence-corrected chi connectivity index (χ2v) is 10.2. The number of β-lactam (4-membered cyclic amide) rings is 1. The monoisotopic (exact) mass is 546 g/mol. The summed E-state index contributed by atoms with van der Waals surface area (Å²) in [4.78, 5) is 72.6. The molecule has 206 valence electrons. The fraction of sp³-hybridized carbons (Fsp3) is 0.619. The molecule has 1 saturated heterocycles. The molecule has 0 saturated carbocycles. The first-order valence-corrected chi connectivity index (χ1v) is 12.1. The van der Waals surface area contributed by atoms with Crippen LogP contribution in [-0.2, 0) is 33.4 Å². The number of carboxylic acids is 2. The van der Waals surface area contributed by atoms with Crippen molar-refractivity contribution < 1.29 is 53.2 Å². The lowest BCUT2D eigenvalue weighted by molar-refractivity contribution is -0.192. The van der Waals surface area contributed by atoms with E-state index in [1.165, 1.54) is 7.11 Å². The number of nitrogens with one attached hydrogen (secondary N) is 2. The van der Waals surface area contributed by atoms with Gasteiger partial charge < -0.3 is 40.8 Å². The zero-order valence-corrected chi connectivity index (χ0v) is 21.5. The second-order valence-electron chi connectivity index (χ2n) is 9.12. The molecule has 1 fully saturated rings. The van der Waals surface area contributed by atoms with Crippen LogP contribution in [0.4, 0.5) is 9.59 Å². The summed E-state index contributed by atoms with van der Waals surface area (Å²) in [5, 5.41) is 22.8. The first-order valence-electron chi connectivity index (χ1n) is 11.0. The maximum atomic E-state index is 13.0. The highest BCUT2D eigenvalue weighted by Gasteiger charge is 2.66. The fourth-order valence-electron chi connectivity index (χ4n) is 3.66. The van der Waals surface area contributed by atoms with Crippen LogP contribution in [0, 0.1) is 0 Å². The van der Waals surface area contributed by atoms with Gasteiger partial charge in [-0.15, -0.1) is 11.8 Å². The lowest BCUT2D eigenvalue weighted by Gasteiger charge is -2.55. The first-order chi connectivity index (χ1) is 17.1. The van der Waals surface area contributed by atoms with Crippen LogP contribution in [-0.4, -0.2) is 93.3 Å². The number of nitrogens with two attached hydrogens (primary N) is 1. The third kappa shape index (κ3) is 7.03. The normalized spacial score (nSPS) is 21.8. The maximum absolute atomic E-state index is 13.0. The van der Waals surface area contributed by atoms with Gasteiger partial charge in [0.1, 0.15) is 29.3 Å². The van der Waals surface area contributed by atoms with E-state index < -0.39 is 71.0 Å². The molecule has 2 rings (SSSR count). The van der Waals surface area contributed by atoms with Crippen LogP contribution in [0.3, 0.4) is 0 Å². The molecule has 2 aliphatic rings. The largest absolute Gasteiger partial charge is 0.480 e. The van der Waals surface area contributed by atoms with Crippen LogP contribution in [0.2, 0.25) is 0 Å². The molecule has 16 heteroatoms. The van der Waals surface area contributed by atoms with Gasteiger partial charge in [-0.05, 0) is 33.6 Å². The Kier molecular flexibility index (Phi) is 9.38. The molecule has 37 heavy (non-hydrogen) atoms. The first kappa shape index (κ1) is 29.7. The molecule has 2 aliphatic heterocycles. The molecule has 2 unspecified atom stereocenters. The summed E-state index contributed by atoms with van der Waals surface area (Å²) in [6.45, 7) is 4.44. The summed E-state index contributed by atoms with van der Waals surface area (Å²) in [6.07, 6.45) is -2.31. The van der Waals surface area contributed by atoms with Gasteiger partial charge in [0.25, 0.3) is 11.6 Å². The van der Waals surface area contributed by atoms with Crippen LogP contribution < -0.4 is 16.4 Å². The van der Waals surface area contributed by atoms with Gasteiger partial charge in [0, 0.05) is 24.9 Å². The minimum absolute atomic E-state index is 0.0307. The average molecular weight is 547 g/mol. The molecular formula is C21H30N4O11S. The number of alkyl carbamates (subject to hydrolysis) is 1. The number of hydrogen-bond donors (Lipinski definition) is 5. The van der Waals surface area contributed by atoms with Crippen molar-refractivity contribution in [1.82, 2.24) is 15.5 Å². The molecule has 0 radical (unpaired) electrons. The average Bonchev–Trinajstić information content (AvgIpc) is 2.78. The number of fused-ring (bicyclic) bond motifs is 1. The SMILES string of the molecule is COC1(NC(=O)CCCC(NC(=O)OC(C)(C)C)C(=O)O)C(=O)N2C(C(=O)O)=C(COC(N)=O)CS[C@@H]21. The van der Waals surface area contributed by atoms with Gasteiger partial charge in [-0.2, -0.15) is 0 Å². The van der Waals surface area contributed by atoms with Crippen molar-refractivity contribution >= 4 is 47.7 Å². The summed E-state index contributed by atoms with van der Waals surface area (Å²) < 4.78 is 15.0. The number of rotatable bonds is 11. The third-order valence-electron chi connectivity index (χ3n) is 5.23. The number of amides is 4. The summed E-state index contributed by atoms with van der Waals surface area (Å²) in [7, 11) is 1.18. The standard InChI is InChI=1S/C21H30N4O11S/c1-20(2,3)36-19(33)23-11(14(27)28)6-5-7-12(26)24-21(34-4)16(31)25-13(15(29)30)10(8-35-18(22)32)9-37-17(21)25/h11,17H,5-9H2,1-4H3,(H2,22,32)(H,23,33)(H,24,26)(H,27,28)(H,29,30)/t11?,17-,21?/m1/s1. The Hall–Kier alpha value is -3.53. The van der Waals surface area contributed by atoms with E-state index in [0.29, 0.717) is 0 Å². The Bertz CT molecular complexity index is 1010. The highest BCUT2D eigenvalue weighted by molar-refractivity contribution is 8.00. The smallest absolute Gasteiger partial charge is 0.408 e. The zero-order valence-electron chi connectivity index (χ0n) is 20.7. The van der Waals surface area contributed by atoms with Crippen molar-refractivity contribution in [3.05, 3.63) is 11.3 Å². The van der Waals surface area contributed by atoms with E-state index in [-0.39, 0.29) is 30.6 Å². The van der Waals surface area contributed by atoms with E-state index in [9.17, 15) is 39.0 Å². The number of carboxylic acid groups (broad SMARTS) is 2. The number of ether oxygens (including phenoxy) is 3. The van der Waals surface area contributed by atoms with E-state index in [1.54, 1.807) is 20.8 Å². The van der Waals surface area contributed by atoms with E-state index in [0.717, 1.165) is 16.7 Å². The van der Waals surface area contributed by atoms with Crippen LogP contribution in [0.25, 0.3) is 0 Å². The molecular weight excluding hydrogens is 516 g/mol. The Morgan fingerprint density at radius 3 is 2.41 bits per heavy atom. The molecule has 2 heterocycles. The molecule has 6 N–H and O–H groups in total. The summed E-state index contributed by atoms with van der Waals surface area (Å²) in [5.74, 6) is -4.19. The van der Waals surface area contributed by atoms with Crippen LogP contribution >= 0.6 is 11.8 Å². The van der Waals surface area contributed by atoms with Gasteiger partial charge in [0.2, 0.25) is 5.91 Å². The number of primary amides is 1. The number of aliphatic carboxylic acids is 2. The van der Waals surface area contributed by atoms with Gasteiger partial charge in [-0.3, -0.25) is 14.5 Å². The van der Waals surface area contributed by atoms with Crippen molar-refractivity contribution in [3.63, 3.8) is 0 Å². The van der Waals surface area contributed by atoms with Crippen molar-refractivity contribution in [2.75, 3.05) is 19.5 Å². The van der Waals surface area contributed by atoms with Crippen molar-refractivity contribution in [3.8, 4) is 0 Å². The highest BCUT2D eigenvalue weighted by atomic mass is 32.2. The molecule has 0 aromatic rings. The summed E-state index contributed by atoms with van der Waals surface area (Å²) in [6, 6.07) is -1.31. The molecule has 0 aromatic carbocycles. The van der Waals surface area contributed by atoms with Gasteiger partial charge in [0.05, 0.1) is 0 Å². The zero-order chi connectivity index (χ0) is 28.1. The summed E-state index contributed by atoms with van der Waals surface area (Å²) in [5.41, 5.74) is 2.01. The Labute approximate surface area is 216 Å².